The van der Waals surface area contributed by atoms with Crippen LogP contribution in [0.3, 0.4) is 0 Å². The lowest BCUT2D eigenvalue weighted by Gasteiger charge is -2.25. The molecule has 1 atom stereocenters. The lowest BCUT2D eigenvalue weighted by atomic mass is 9.82. The van der Waals surface area contributed by atoms with E-state index in [9.17, 15) is 9.59 Å². The van der Waals surface area contributed by atoms with Gasteiger partial charge in [0.05, 0.1) is 5.92 Å². The molecule has 0 aromatic rings. The molecule has 5 heteroatoms. The molecule has 1 saturated heterocycles. The van der Waals surface area contributed by atoms with Crippen LogP contribution in [0.25, 0.3) is 0 Å². The Morgan fingerprint density at radius 1 is 1.35 bits per heavy atom. The average Bonchev–Trinajstić information content (AvgIpc) is 2.38. The fourth-order valence-electron chi connectivity index (χ4n) is 2.01. The van der Waals surface area contributed by atoms with Gasteiger partial charge in [0.1, 0.15) is 5.60 Å². The summed E-state index contributed by atoms with van der Waals surface area (Å²) in [6, 6.07) is 0. The van der Waals surface area contributed by atoms with E-state index in [1.807, 2.05) is 13.8 Å². The maximum Gasteiger partial charge on any atom is 0.410 e. The van der Waals surface area contributed by atoms with Crippen LogP contribution >= 0.6 is 0 Å². The number of carbonyl (C=O) groups is 2. The normalized spacial score (nSPS) is 23.6. The van der Waals surface area contributed by atoms with Gasteiger partial charge in [-0.3, -0.25) is 4.79 Å². The first-order valence-electron chi connectivity index (χ1n) is 5.74. The van der Waals surface area contributed by atoms with Crippen LogP contribution in [-0.2, 0) is 9.53 Å². The van der Waals surface area contributed by atoms with Crippen LogP contribution in [0.1, 0.15) is 34.6 Å². The minimum atomic E-state index is -0.860. The molecule has 1 fully saturated rings. The number of nitrogens with zero attached hydrogens (tertiary/aromatic N) is 1. The minimum Gasteiger partial charge on any atom is -0.481 e. The molecule has 1 heterocycles. The van der Waals surface area contributed by atoms with E-state index in [1.165, 1.54) is 4.90 Å². The molecule has 0 saturated carbocycles. The van der Waals surface area contributed by atoms with E-state index in [2.05, 4.69) is 0 Å². The SMILES string of the molecule is CC(C)(C)OC(=O)N1CC(C(=O)O)C(C)(C)C1. The first kappa shape index (κ1) is 13.8. The van der Waals surface area contributed by atoms with Gasteiger partial charge in [0.15, 0.2) is 0 Å². The molecule has 0 spiro atoms. The molecule has 1 amide bonds. The Balaban J connectivity index is 2.72. The van der Waals surface area contributed by atoms with Gasteiger partial charge in [-0.05, 0) is 26.2 Å². The van der Waals surface area contributed by atoms with Crippen molar-refractivity contribution in [2.24, 2.45) is 11.3 Å². The molecule has 1 unspecified atom stereocenters. The molecule has 98 valence electrons. The fraction of sp³-hybridized carbons (Fsp3) is 0.833. The highest BCUT2D eigenvalue weighted by molar-refractivity contribution is 5.75. The third kappa shape index (κ3) is 3.35. The number of rotatable bonds is 1. The largest absolute Gasteiger partial charge is 0.481 e. The molecule has 0 radical (unpaired) electrons. The second-order valence-corrected chi connectivity index (χ2v) is 6.24. The van der Waals surface area contributed by atoms with E-state index in [0.717, 1.165) is 0 Å². The van der Waals surface area contributed by atoms with Gasteiger partial charge in [0.2, 0.25) is 0 Å². The summed E-state index contributed by atoms with van der Waals surface area (Å²) in [7, 11) is 0. The number of aliphatic carboxylic acids is 1. The third-order valence-electron chi connectivity index (χ3n) is 2.89. The van der Waals surface area contributed by atoms with Gasteiger partial charge in [-0.2, -0.15) is 0 Å². The molecule has 5 nitrogen and oxygen atoms in total. The average molecular weight is 243 g/mol. The minimum absolute atomic E-state index is 0.219. The van der Waals surface area contributed by atoms with Crippen molar-refractivity contribution in [2.75, 3.05) is 13.1 Å². The van der Waals surface area contributed by atoms with Crippen LogP contribution in [0.5, 0.6) is 0 Å². The van der Waals surface area contributed by atoms with E-state index in [-0.39, 0.29) is 6.54 Å². The van der Waals surface area contributed by atoms with E-state index in [0.29, 0.717) is 6.54 Å². The molecule has 1 aliphatic heterocycles. The van der Waals surface area contributed by atoms with Crippen molar-refractivity contribution in [2.45, 2.75) is 40.2 Å². The highest BCUT2D eigenvalue weighted by atomic mass is 16.6. The summed E-state index contributed by atoms with van der Waals surface area (Å²) in [5, 5.41) is 9.10. The molecule has 0 aromatic carbocycles. The molecular formula is C12H21NO4. The third-order valence-corrected chi connectivity index (χ3v) is 2.89. The monoisotopic (exact) mass is 243 g/mol. The van der Waals surface area contributed by atoms with Gasteiger partial charge in [-0.15, -0.1) is 0 Å². The zero-order chi connectivity index (χ0) is 13.4. The standard InChI is InChI=1S/C12H21NO4/c1-11(2,3)17-10(16)13-6-8(9(14)15)12(4,5)7-13/h8H,6-7H2,1-5H3,(H,14,15). The molecule has 0 bridgehead atoms. The zero-order valence-corrected chi connectivity index (χ0v) is 11.1. The van der Waals surface area contributed by atoms with Gasteiger partial charge in [-0.1, -0.05) is 13.8 Å². The van der Waals surface area contributed by atoms with E-state index >= 15 is 0 Å². The second kappa shape index (κ2) is 4.20. The van der Waals surface area contributed by atoms with E-state index < -0.39 is 29.0 Å². The number of carboxylic acids is 1. The summed E-state index contributed by atoms with van der Waals surface area (Å²) in [6.07, 6.45) is -0.436. The Kier molecular flexibility index (Phi) is 3.41. The first-order chi connectivity index (χ1) is 7.53. The van der Waals surface area contributed by atoms with Gasteiger partial charge in [0, 0.05) is 13.1 Å². The van der Waals surface area contributed by atoms with Crippen molar-refractivity contribution >= 4 is 12.1 Å². The Bertz CT molecular complexity index is 330. The Hall–Kier alpha value is -1.26. The first-order valence-corrected chi connectivity index (χ1v) is 5.74. The van der Waals surface area contributed by atoms with E-state index in [4.69, 9.17) is 9.84 Å². The number of likely N-dealkylation sites (tertiary alicyclic amines) is 1. The number of hydrogen-bond donors (Lipinski definition) is 1. The van der Waals surface area contributed by atoms with Crippen LogP contribution in [0, 0.1) is 11.3 Å². The Morgan fingerprint density at radius 2 is 1.88 bits per heavy atom. The van der Waals surface area contributed by atoms with Gasteiger partial charge < -0.3 is 14.7 Å². The molecule has 1 rings (SSSR count). The highest BCUT2D eigenvalue weighted by Crippen LogP contribution is 2.35. The molecular weight excluding hydrogens is 222 g/mol. The van der Waals surface area contributed by atoms with Crippen molar-refractivity contribution in [1.29, 1.82) is 0 Å². The zero-order valence-electron chi connectivity index (χ0n) is 11.1. The van der Waals surface area contributed by atoms with Gasteiger partial charge in [-0.25, -0.2) is 4.79 Å². The predicted octanol–water partition coefficient (Wildman–Crippen LogP) is 1.96. The quantitative estimate of drug-likeness (QED) is 0.764. The van der Waals surface area contributed by atoms with Crippen molar-refractivity contribution in [3.05, 3.63) is 0 Å². The summed E-state index contributed by atoms with van der Waals surface area (Å²) in [4.78, 5) is 24.4. The molecule has 1 N–H and O–H groups in total. The lowest BCUT2D eigenvalue weighted by molar-refractivity contribution is -0.143. The predicted molar refractivity (Wildman–Crippen MR) is 62.7 cm³/mol. The molecule has 0 aliphatic carbocycles. The summed E-state index contributed by atoms with van der Waals surface area (Å²) < 4.78 is 5.24. The highest BCUT2D eigenvalue weighted by Gasteiger charge is 2.46. The lowest BCUT2D eigenvalue weighted by Crippen LogP contribution is -2.36. The van der Waals surface area contributed by atoms with E-state index in [1.54, 1.807) is 20.8 Å². The molecule has 17 heavy (non-hydrogen) atoms. The smallest absolute Gasteiger partial charge is 0.410 e. The van der Waals surface area contributed by atoms with Crippen LogP contribution in [0.15, 0.2) is 0 Å². The van der Waals surface area contributed by atoms with Crippen LogP contribution in [0.2, 0.25) is 0 Å². The number of ether oxygens (including phenoxy) is 1. The van der Waals surface area contributed by atoms with Crippen LogP contribution in [-0.4, -0.2) is 40.8 Å². The van der Waals surface area contributed by atoms with Crippen molar-refractivity contribution in [3.8, 4) is 0 Å². The molecule has 1 aliphatic rings. The maximum absolute atomic E-state index is 11.8. The summed E-state index contributed by atoms with van der Waals surface area (Å²) >= 11 is 0. The van der Waals surface area contributed by atoms with Crippen LogP contribution < -0.4 is 0 Å². The van der Waals surface area contributed by atoms with Gasteiger partial charge >= 0.3 is 12.1 Å². The maximum atomic E-state index is 11.8. The van der Waals surface area contributed by atoms with Gasteiger partial charge in [0.25, 0.3) is 0 Å². The Morgan fingerprint density at radius 3 is 2.24 bits per heavy atom. The van der Waals surface area contributed by atoms with Crippen molar-refractivity contribution < 1.29 is 19.4 Å². The summed E-state index contributed by atoms with van der Waals surface area (Å²) in [6.45, 7) is 9.73. The fourth-order valence-corrected chi connectivity index (χ4v) is 2.01. The summed E-state index contributed by atoms with van der Waals surface area (Å²) in [5.41, 5.74) is -0.967. The molecule has 0 aromatic heterocycles. The van der Waals surface area contributed by atoms with Crippen LogP contribution in [0.4, 0.5) is 4.79 Å². The summed E-state index contributed by atoms with van der Waals surface area (Å²) in [5.74, 6) is -1.39. The van der Waals surface area contributed by atoms with Crippen molar-refractivity contribution in [1.82, 2.24) is 4.90 Å². The number of hydrogen-bond acceptors (Lipinski definition) is 3. The number of carboxylic acid groups (broad SMARTS) is 1. The Labute approximate surface area is 102 Å². The number of carbonyl (C=O) groups excluding carboxylic acids is 1. The second-order valence-electron chi connectivity index (χ2n) is 6.24. The van der Waals surface area contributed by atoms with Crippen molar-refractivity contribution in [3.63, 3.8) is 0 Å². The number of amides is 1. The topological polar surface area (TPSA) is 66.8 Å².